The predicted molar refractivity (Wildman–Crippen MR) is 82.3 cm³/mol. The van der Waals surface area contributed by atoms with Gasteiger partial charge in [0.15, 0.2) is 0 Å². The number of anilines is 2. The smallest absolute Gasteiger partial charge is 0.262 e. The normalized spacial score (nSPS) is 11.4. The lowest BCUT2D eigenvalue weighted by Gasteiger charge is -2.15. The van der Waals surface area contributed by atoms with Gasteiger partial charge in [0.1, 0.15) is 5.82 Å². The number of aryl methyl sites for hydroxylation is 1. The van der Waals surface area contributed by atoms with E-state index in [4.69, 9.17) is 5.73 Å². The van der Waals surface area contributed by atoms with Crippen LogP contribution in [0.1, 0.15) is 16.7 Å². The highest BCUT2D eigenvalue weighted by molar-refractivity contribution is 7.92. The van der Waals surface area contributed by atoms with Crippen LogP contribution in [0.2, 0.25) is 0 Å². The Morgan fingerprint density at radius 1 is 1.05 bits per heavy atom. The number of nitrogens with one attached hydrogen (secondary N) is 1. The van der Waals surface area contributed by atoms with Gasteiger partial charge in [-0.05, 0) is 50.1 Å². The molecule has 0 saturated carbocycles. The highest BCUT2D eigenvalue weighted by Gasteiger charge is 2.22. The molecule has 21 heavy (non-hydrogen) atoms. The van der Waals surface area contributed by atoms with E-state index in [1.807, 2.05) is 0 Å². The molecular formula is C15H17FN2O2S. The molecule has 0 bridgehead atoms. The third kappa shape index (κ3) is 2.85. The summed E-state index contributed by atoms with van der Waals surface area (Å²) in [4.78, 5) is 0.131. The maximum Gasteiger partial charge on any atom is 0.262 e. The summed E-state index contributed by atoms with van der Waals surface area (Å²) >= 11 is 0. The topological polar surface area (TPSA) is 72.2 Å². The van der Waals surface area contributed by atoms with Crippen molar-refractivity contribution in [1.82, 2.24) is 0 Å². The molecule has 0 aliphatic carbocycles. The van der Waals surface area contributed by atoms with Gasteiger partial charge < -0.3 is 5.73 Å². The summed E-state index contributed by atoms with van der Waals surface area (Å²) in [6, 6.07) is 7.57. The van der Waals surface area contributed by atoms with E-state index >= 15 is 0 Å². The Labute approximate surface area is 123 Å². The van der Waals surface area contributed by atoms with E-state index in [1.165, 1.54) is 25.1 Å². The first-order chi connectivity index (χ1) is 9.74. The maximum absolute atomic E-state index is 13.5. The molecule has 0 atom stereocenters. The van der Waals surface area contributed by atoms with Gasteiger partial charge >= 0.3 is 0 Å². The average molecular weight is 308 g/mol. The Morgan fingerprint density at radius 3 is 2.38 bits per heavy atom. The molecule has 2 aromatic carbocycles. The molecule has 0 aromatic heterocycles. The number of nitrogens with two attached hydrogens (primary N) is 1. The second-order valence-electron chi connectivity index (χ2n) is 4.94. The molecule has 4 nitrogen and oxygen atoms in total. The van der Waals surface area contributed by atoms with Crippen LogP contribution < -0.4 is 10.5 Å². The van der Waals surface area contributed by atoms with E-state index in [1.54, 1.807) is 26.0 Å². The lowest BCUT2D eigenvalue weighted by Crippen LogP contribution is -2.17. The van der Waals surface area contributed by atoms with Gasteiger partial charge in [0.25, 0.3) is 10.0 Å². The third-order valence-electron chi connectivity index (χ3n) is 3.43. The Kier molecular flexibility index (Phi) is 3.91. The van der Waals surface area contributed by atoms with Crippen LogP contribution in [0, 0.1) is 26.6 Å². The Bertz CT molecular complexity index is 802. The second kappa shape index (κ2) is 5.37. The number of rotatable bonds is 3. The van der Waals surface area contributed by atoms with Crippen molar-refractivity contribution in [3.63, 3.8) is 0 Å². The molecule has 0 unspecified atom stereocenters. The van der Waals surface area contributed by atoms with E-state index in [9.17, 15) is 12.8 Å². The minimum Gasteiger partial charge on any atom is -0.398 e. The molecule has 0 fully saturated rings. The number of hydrogen-bond acceptors (Lipinski definition) is 3. The van der Waals surface area contributed by atoms with Crippen LogP contribution in [0.15, 0.2) is 35.2 Å². The highest BCUT2D eigenvalue weighted by Crippen LogP contribution is 2.28. The van der Waals surface area contributed by atoms with Gasteiger partial charge in [0.2, 0.25) is 0 Å². The number of halogens is 1. The van der Waals surface area contributed by atoms with Crippen LogP contribution in [-0.4, -0.2) is 8.42 Å². The summed E-state index contributed by atoms with van der Waals surface area (Å²) in [7, 11) is -3.83. The largest absolute Gasteiger partial charge is 0.398 e. The van der Waals surface area contributed by atoms with Crippen LogP contribution in [0.4, 0.5) is 15.8 Å². The number of nitrogen functional groups attached to an aromatic ring is 1. The van der Waals surface area contributed by atoms with Crippen molar-refractivity contribution in [3.05, 3.63) is 52.8 Å². The van der Waals surface area contributed by atoms with Crippen LogP contribution >= 0.6 is 0 Å². The minimum absolute atomic E-state index is 0.131. The quantitative estimate of drug-likeness (QED) is 0.856. The van der Waals surface area contributed by atoms with Gasteiger partial charge in [-0.15, -0.1) is 0 Å². The molecule has 0 amide bonds. The molecular weight excluding hydrogens is 291 g/mol. The van der Waals surface area contributed by atoms with Gasteiger partial charge in [-0.25, -0.2) is 12.8 Å². The molecule has 0 aliphatic rings. The number of benzene rings is 2. The van der Waals surface area contributed by atoms with E-state index in [2.05, 4.69) is 4.72 Å². The molecule has 6 heteroatoms. The first-order valence-electron chi connectivity index (χ1n) is 6.37. The van der Waals surface area contributed by atoms with Crippen LogP contribution in [0.5, 0.6) is 0 Å². The Morgan fingerprint density at radius 2 is 1.71 bits per heavy atom. The summed E-state index contributed by atoms with van der Waals surface area (Å²) in [5, 5.41) is 0. The number of sulfonamides is 1. The van der Waals surface area contributed by atoms with Crippen LogP contribution in [-0.2, 0) is 10.0 Å². The third-order valence-corrected chi connectivity index (χ3v) is 5.08. The molecule has 0 saturated heterocycles. The van der Waals surface area contributed by atoms with Crippen molar-refractivity contribution in [2.75, 3.05) is 10.5 Å². The molecule has 112 valence electrons. The summed E-state index contributed by atoms with van der Waals surface area (Å²) in [6.07, 6.45) is 0. The van der Waals surface area contributed by atoms with E-state index < -0.39 is 15.8 Å². The first kappa shape index (κ1) is 15.3. The average Bonchev–Trinajstić information content (AvgIpc) is 2.39. The van der Waals surface area contributed by atoms with Crippen molar-refractivity contribution in [3.8, 4) is 0 Å². The summed E-state index contributed by atoms with van der Waals surface area (Å²) in [5.41, 5.74) is 7.72. The van der Waals surface area contributed by atoms with Gasteiger partial charge in [0, 0.05) is 11.3 Å². The SMILES string of the molecule is Cc1ccc(N)c(C)c1S(=O)(=O)Nc1cccc(F)c1C. The summed E-state index contributed by atoms with van der Waals surface area (Å²) < 4.78 is 41.1. The lowest BCUT2D eigenvalue weighted by molar-refractivity contribution is 0.599. The second-order valence-corrected chi connectivity index (χ2v) is 6.56. The molecule has 2 rings (SSSR count). The Hall–Kier alpha value is -2.08. The first-order valence-corrected chi connectivity index (χ1v) is 7.86. The van der Waals surface area contributed by atoms with Crippen molar-refractivity contribution >= 4 is 21.4 Å². The highest BCUT2D eigenvalue weighted by atomic mass is 32.2. The van der Waals surface area contributed by atoms with E-state index in [-0.39, 0.29) is 16.1 Å². The fourth-order valence-electron chi connectivity index (χ4n) is 2.17. The van der Waals surface area contributed by atoms with Crippen LogP contribution in [0.25, 0.3) is 0 Å². The van der Waals surface area contributed by atoms with Crippen molar-refractivity contribution in [2.45, 2.75) is 25.7 Å². The van der Waals surface area contributed by atoms with Gasteiger partial charge in [-0.1, -0.05) is 12.1 Å². The van der Waals surface area contributed by atoms with E-state index in [0.29, 0.717) is 16.8 Å². The standard InChI is InChI=1S/C15H17FN2O2S/c1-9-7-8-13(17)11(3)15(9)21(19,20)18-14-6-4-5-12(16)10(14)2/h4-8,18H,17H2,1-3H3. The fraction of sp³-hybridized carbons (Fsp3) is 0.200. The predicted octanol–water partition coefficient (Wildman–Crippen LogP) is 3.13. The fourth-order valence-corrected chi connectivity index (χ4v) is 3.80. The van der Waals surface area contributed by atoms with Gasteiger partial charge in [-0.2, -0.15) is 0 Å². The molecule has 0 spiro atoms. The lowest BCUT2D eigenvalue weighted by atomic mass is 10.1. The zero-order valence-corrected chi connectivity index (χ0v) is 12.9. The van der Waals surface area contributed by atoms with Gasteiger partial charge in [0.05, 0.1) is 10.6 Å². The van der Waals surface area contributed by atoms with Crippen molar-refractivity contribution in [1.29, 1.82) is 0 Å². The zero-order valence-electron chi connectivity index (χ0n) is 12.1. The molecule has 0 aliphatic heterocycles. The summed E-state index contributed by atoms with van der Waals surface area (Å²) in [5.74, 6) is -0.462. The van der Waals surface area contributed by atoms with Crippen molar-refractivity contribution < 1.29 is 12.8 Å². The summed E-state index contributed by atoms with van der Waals surface area (Å²) in [6.45, 7) is 4.86. The molecule has 2 aromatic rings. The molecule has 0 heterocycles. The van der Waals surface area contributed by atoms with Crippen molar-refractivity contribution in [2.24, 2.45) is 0 Å². The minimum atomic E-state index is -3.83. The molecule has 3 N–H and O–H groups in total. The monoisotopic (exact) mass is 308 g/mol. The zero-order chi connectivity index (χ0) is 15.8. The molecule has 0 radical (unpaired) electrons. The Balaban J connectivity index is 2.54. The maximum atomic E-state index is 13.5. The van der Waals surface area contributed by atoms with Crippen LogP contribution in [0.3, 0.4) is 0 Å². The van der Waals surface area contributed by atoms with E-state index in [0.717, 1.165) is 0 Å². The number of hydrogen-bond donors (Lipinski definition) is 2. The van der Waals surface area contributed by atoms with Gasteiger partial charge in [-0.3, -0.25) is 4.72 Å².